The molecule has 2 bridgehead atoms. The lowest BCUT2D eigenvalue weighted by Gasteiger charge is -2.52. The fourth-order valence-electron chi connectivity index (χ4n) is 5.07. The van der Waals surface area contributed by atoms with Crippen LogP contribution >= 0.6 is 11.8 Å². The minimum absolute atomic E-state index is 0.0763. The highest BCUT2D eigenvalue weighted by molar-refractivity contribution is 8.13. The molecule has 3 aliphatic heterocycles. The molecule has 172 valence electrons. The molecule has 0 radical (unpaired) electrons. The van der Waals surface area contributed by atoms with Gasteiger partial charge >= 0.3 is 5.97 Å². The first-order valence-electron chi connectivity index (χ1n) is 11.4. The van der Waals surface area contributed by atoms with Crippen molar-refractivity contribution in [3.8, 4) is 5.75 Å². The number of thioether (sulfide) groups is 1. The van der Waals surface area contributed by atoms with Gasteiger partial charge < -0.3 is 19.5 Å². The molecule has 0 fully saturated rings. The van der Waals surface area contributed by atoms with Crippen LogP contribution in [0.25, 0.3) is 0 Å². The number of carbonyl (C=O) groups excluding carboxylic acids is 1. The van der Waals surface area contributed by atoms with Crippen LogP contribution in [0, 0.1) is 5.92 Å². The summed E-state index contributed by atoms with van der Waals surface area (Å²) >= 11 is 1.66. The second kappa shape index (κ2) is 8.49. The van der Waals surface area contributed by atoms with Gasteiger partial charge in [0.15, 0.2) is 5.17 Å². The fraction of sp³-hybridized carbons (Fsp3) is 0.259. The third kappa shape index (κ3) is 3.47. The number of ether oxygens (including phenoxy) is 2. The van der Waals surface area contributed by atoms with Gasteiger partial charge in [0.05, 0.1) is 17.5 Å². The van der Waals surface area contributed by atoms with Crippen molar-refractivity contribution in [2.45, 2.75) is 24.1 Å². The van der Waals surface area contributed by atoms with Gasteiger partial charge in [-0.15, -0.1) is 0 Å². The lowest BCUT2D eigenvalue weighted by atomic mass is 9.80. The molecule has 0 amide bonds. The highest BCUT2D eigenvalue weighted by Crippen LogP contribution is 2.52. The number of esters is 1. The van der Waals surface area contributed by atoms with E-state index in [1.54, 1.807) is 23.9 Å². The molecule has 6 rings (SSSR count). The Hall–Kier alpha value is -3.29. The van der Waals surface area contributed by atoms with E-state index >= 15 is 0 Å². The van der Waals surface area contributed by atoms with Crippen LogP contribution in [0.3, 0.4) is 0 Å². The topological polar surface area (TPSA) is 71.4 Å². The van der Waals surface area contributed by atoms with Crippen molar-refractivity contribution in [1.82, 2.24) is 4.90 Å². The van der Waals surface area contributed by atoms with Gasteiger partial charge in [0.25, 0.3) is 0 Å². The van der Waals surface area contributed by atoms with E-state index in [-0.39, 0.29) is 25.2 Å². The van der Waals surface area contributed by atoms with Crippen LogP contribution in [0.4, 0.5) is 0 Å². The number of fused-ring (bicyclic) bond motifs is 7. The second-order valence-electron chi connectivity index (χ2n) is 8.74. The van der Waals surface area contributed by atoms with Crippen molar-refractivity contribution >= 4 is 22.9 Å². The Morgan fingerprint density at radius 3 is 2.62 bits per heavy atom. The summed E-state index contributed by atoms with van der Waals surface area (Å²) in [6.07, 6.45) is 0. The molecule has 0 saturated heterocycles. The smallest absolute Gasteiger partial charge is 0.338 e. The van der Waals surface area contributed by atoms with Gasteiger partial charge in [-0.2, -0.15) is 0 Å². The Morgan fingerprint density at radius 1 is 1.06 bits per heavy atom. The monoisotopic (exact) mass is 472 g/mol. The molecular formula is C27H24N2O4S. The third-order valence-corrected chi connectivity index (χ3v) is 7.84. The molecule has 0 aliphatic carbocycles. The van der Waals surface area contributed by atoms with Crippen molar-refractivity contribution in [3.05, 3.63) is 101 Å². The number of hydrogen-bond donors (Lipinski definition) is 1. The van der Waals surface area contributed by atoms with E-state index < -0.39 is 11.7 Å². The third-order valence-electron chi connectivity index (χ3n) is 6.80. The number of para-hydroxylation sites is 1. The number of aliphatic hydroxyl groups excluding tert-OH is 1. The quantitative estimate of drug-likeness (QED) is 0.568. The minimum atomic E-state index is -1.22. The van der Waals surface area contributed by atoms with E-state index in [1.165, 1.54) is 11.1 Å². The Morgan fingerprint density at radius 2 is 1.79 bits per heavy atom. The number of hydrogen-bond acceptors (Lipinski definition) is 7. The first-order valence-corrected chi connectivity index (χ1v) is 12.3. The molecular weight excluding hydrogens is 448 g/mol. The highest BCUT2D eigenvalue weighted by atomic mass is 32.2. The molecule has 3 heterocycles. The first-order chi connectivity index (χ1) is 16.7. The Balaban J connectivity index is 1.41. The van der Waals surface area contributed by atoms with E-state index in [2.05, 4.69) is 35.2 Å². The predicted molar refractivity (Wildman–Crippen MR) is 131 cm³/mol. The van der Waals surface area contributed by atoms with Crippen LogP contribution in [-0.4, -0.2) is 40.1 Å². The standard InChI is InChI=1S/C27H24N2O4S/c30-17-27-22(15-32-25(31)18-8-2-1-3-9-18)24(21-12-6-7-13-23(21)33-27)29-14-19-10-4-5-11-20(19)16-34-26(29)28-27/h1-13,22,24,30H,14-17H2/t22-,24-,27?/m1/s1. The summed E-state index contributed by atoms with van der Waals surface area (Å²) < 4.78 is 12.2. The number of rotatable bonds is 4. The minimum Gasteiger partial charge on any atom is -0.463 e. The maximum absolute atomic E-state index is 12.8. The number of amidine groups is 1. The molecule has 1 N–H and O–H groups in total. The van der Waals surface area contributed by atoms with Crippen molar-refractivity contribution in [2.75, 3.05) is 13.2 Å². The van der Waals surface area contributed by atoms with E-state index in [4.69, 9.17) is 14.5 Å². The van der Waals surface area contributed by atoms with Crippen molar-refractivity contribution in [1.29, 1.82) is 0 Å². The first kappa shape index (κ1) is 21.3. The maximum atomic E-state index is 12.8. The fourth-order valence-corrected chi connectivity index (χ4v) is 6.20. The molecule has 3 atom stereocenters. The Kier molecular flexibility index (Phi) is 5.31. The maximum Gasteiger partial charge on any atom is 0.338 e. The average molecular weight is 473 g/mol. The number of carbonyl (C=O) groups is 1. The van der Waals surface area contributed by atoms with Gasteiger partial charge in [-0.25, -0.2) is 9.79 Å². The average Bonchev–Trinajstić information content (AvgIpc) is 3.06. The second-order valence-corrected chi connectivity index (χ2v) is 9.68. The van der Waals surface area contributed by atoms with Gasteiger partial charge in [-0.1, -0.05) is 72.4 Å². The summed E-state index contributed by atoms with van der Waals surface area (Å²) in [7, 11) is 0. The predicted octanol–water partition coefficient (Wildman–Crippen LogP) is 4.40. The van der Waals surface area contributed by atoms with Gasteiger partial charge in [-0.05, 0) is 29.3 Å². The molecule has 0 saturated carbocycles. The lowest BCUT2D eigenvalue weighted by molar-refractivity contribution is -0.103. The summed E-state index contributed by atoms with van der Waals surface area (Å²) in [6, 6.07) is 25.1. The molecule has 0 spiro atoms. The van der Waals surface area contributed by atoms with Gasteiger partial charge in [0, 0.05) is 17.9 Å². The van der Waals surface area contributed by atoms with Crippen molar-refractivity contribution < 1.29 is 19.4 Å². The molecule has 7 heteroatoms. The van der Waals surface area contributed by atoms with E-state index in [0.717, 1.165) is 16.5 Å². The van der Waals surface area contributed by atoms with Crippen LogP contribution in [0.15, 0.2) is 83.9 Å². The van der Waals surface area contributed by atoms with Crippen LogP contribution in [-0.2, 0) is 17.0 Å². The van der Waals surface area contributed by atoms with Gasteiger partial charge in [0.1, 0.15) is 19.0 Å². The molecule has 6 nitrogen and oxygen atoms in total. The van der Waals surface area contributed by atoms with Crippen LogP contribution in [0.5, 0.6) is 5.75 Å². The van der Waals surface area contributed by atoms with Crippen molar-refractivity contribution in [2.24, 2.45) is 10.9 Å². The van der Waals surface area contributed by atoms with E-state index in [0.29, 0.717) is 17.9 Å². The van der Waals surface area contributed by atoms with Crippen LogP contribution in [0.1, 0.15) is 33.1 Å². The SMILES string of the molecule is O=C(OC[C@@H]1[C@H]2c3ccccc3OC1(CO)N=C1SCc3ccccc3CN12)c1ccccc1. The van der Waals surface area contributed by atoms with E-state index in [9.17, 15) is 9.90 Å². The summed E-state index contributed by atoms with van der Waals surface area (Å²) in [5.74, 6) is 0.729. The zero-order valence-corrected chi connectivity index (χ0v) is 19.3. The highest BCUT2D eigenvalue weighted by Gasteiger charge is 2.56. The van der Waals surface area contributed by atoms with Crippen molar-refractivity contribution in [3.63, 3.8) is 0 Å². The molecule has 0 aromatic heterocycles. The summed E-state index contributed by atoms with van der Waals surface area (Å²) in [6.45, 7) is 0.453. The lowest BCUT2D eigenvalue weighted by Crippen LogP contribution is -2.60. The number of aliphatic imine (C=N–C) groups is 1. The number of nitrogens with zero attached hydrogens (tertiary/aromatic N) is 2. The Labute approximate surface area is 202 Å². The molecule has 34 heavy (non-hydrogen) atoms. The molecule has 3 aliphatic rings. The van der Waals surface area contributed by atoms with Gasteiger partial charge in [0.2, 0.25) is 5.72 Å². The zero-order valence-electron chi connectivity index (χ0n) is 18.5. The number of aliphatic hydroxyl groups is 1. The van der Waals surface area contributed by atoms with Gasteiger partial charge in [-0.3, -0.25) is 0 Å². The summed E-state index contributed by atoms with van der Waals surface area (Å²) in [5, 5.41) is 11.4. The van der Waals surface area contributed by atoms with Crippen LogP contribution in [0.2, 0.25) is 0 Å². The number of benzene rings is 3. The molecule has 3 aromatic rings. The van der Waals surface area contributed by atoms with E-state index in [1.807, 2.05) is 36.4 Å². The largest absolute Gasteiger partial charge is 0.463 e. The summed E-state index contributed by atoms with van der Waals surface area (Å²) in [5.41, 5.74) is 2.82. The zero-order chi connectivity index (χ0) is 23.1. The molecule has 1 unspecified atom stereocenters. The van der Waals surface area contributed by atoms with Crippen LogP contribution < -0.4 is 4.74 Å². The molecule has 3 aromatic carbocycles. The summed E-state index contributed by atoms with van der Waals surface area (Å²) in [4.78, 5) is 20.0. The normalized spacial score (nSPS) is 24.5. The Bertz CT molecular complexity index is 1260.